The van der Waals surface area contributed by atoms with E-state index in [0.29, 0.717) is 17.9 Å². The van der Waals surface area contributed by atoms with Crippen molar-refractivity contribution in [2.24, 2.45) is 5.92 Å². The van der Waals surface area contributed by atoms with Crippen LogP contribution < -0.4 is 4.74 Å². The van der Waals surface area contributed by atoms with Gasteiger partial charge in [0.15, 0.2) is 6.26 Å². The Morgan fingerprint density at radius 2 is 1.80 bits per heavy atom. The van der Waals surface area contributed by atoms with Crippen molar-refractivity contribution in [2.75, 3.05) is 5.33 Å². The second-order valence-corrected chi connectivity index (χ2v) is 6.08. The third-order valence-corrected chi connectivity index (χ3v) is 4.46. The monoisotopic (exact) mass is 344 g/mol. The molecule has 0 N–H and O–H groups in total. The van der Waals surface area contributed by atoms with E-state index in [-0.39, 0.29) is 0 Å². The second kappa shape index (κ2) is 7.77. The van der Waals surface area contributed by atoms with Gasteiger partial charge in [0.05, 0.1) is 0 Å². The van der Waals surface area contributed by atoms with Gasteiger partial charge < -0.3 is 4.74 Å². The molecule has 0 aliphatic heterocycles. The van der Waals surface area contributed by atoms with Crippen molar-refractivity contribution >= 4 is 15.9 Å². The molecule has 1 saturated carbocycles. The van der Waals surface area contributed by atoms with Crippen LogP contribution in [0.5, 0.6) is 5.75 Å². The lowest BCUT2D eigenvalue weighted by molar-refractivity contribution is 0.320. The Bertz CT molecular complexity index is 432. The molecule has 1 aromatic carbocycles. The van der Waals surface area contributed by atoms with Gasteiger partial charge in [-0.3, -0.25) is 0 Å². The van der Waals surface area contributed by atoms with Crippen molar-refractivity contribution in [3.63, 3.8) is 0 Å². The summed E-state index contributed by atoms with van der Waals surface area (Å²) in [7, 11) is 0. The minimum absolute atomic E-state index is 0.453. The number of benzene rings is 1. The molecule has 0 unspecified atom stereocenters. The van der Waals surface area contributed by atoms with Crippen LogP contribution in [0, 0.1) is 5.92 Å². The molecular weight excluding hydrogens is 326 g/mol. The average Bonchev–Trinajstić information content (AvgIpc) is 2.47. The molecule has 1 aliphatic rings. The van der Waals surface area contributed by atoms with E-state index in [1.165, 1.54) is 37.7 Å². The molecule has 1 aromatic rings. The summed E-state index contributed by atoms with van der Waals surface area (Å²) in [5.41, 5.74) is 1.29. The highest BCUT2D eigenvalue weighted by Gasteiger charge is 2.21. The molecule has 0 spiro atoms. The molecule has 0 amide bonds. The first kappa shape index (κ1) is 15.5. The van der Waals surface area contributed by atoms with E-state index < -0.39 is 6.08 Å². The molecule has 0 saturated heterocycles. The van der Waals surface area contributed by atoms with Crippen molar-refractivity contribution in [3.05, 3.63) is 42.2 Å². The Kier molecular flexibility index (Phi) is 6.02. The van der Waals surface area contributed by atoms with Gasteiger partial charge in [0.25, 0.3) is 0 Å². The number of ether oxygens (including phenoxy) is 1. The Balaban J connectivity index is 1.89. The van der Waals surface area contributed by atoms with Gasteiger partial charge in [-0.1, -0.05) is 28.1 Å². The van der Waals surface area contributed by atoms with Gasteiger partial charge in [-0.05, 0) is 61.6 Å². The van der Waals surface area contributed by atoms with Gasteiger partial charge in [-0.25, -0.2) is 0 Å². The molecule has 0 aromatic heterocycles. The van der Waals surface area contributed by atoms with Crippen LogP contribution in [0.3, 0.4) is 0 Å². The molecule has 1 fully saturated rings. The third kappa shape index (κ3) is 4.58. The summed E-state index contributed by atoms with van der Waals surface area (Å²) in [4.78, 5) is 0. The fourth-order valence-electron chi connectivity index (χ4n) is 2.87. The summed E-state index contributed by atoms with van der Waals surface area (Å²) in [5.74, 6) is 1.91. The van der Waals surface area contributed by atoms with Gasteiger partial charge >= 0.3 is 6.08 Å². The predicted molar refractivity (Wildman–Crippen MR) is 80.5 cm³/mol. The number of rotatable bonds is 5. The maximum atomic E-state index is 11.9. The number of halogens is 3. The van der Waals surface area contributed by atoms with Crippen LogP contribution in [0.15, 0.2) is 36.6 Å². The van der Waals surface area contributed by atoms with E-state index in [9.17, 15) is 8.78 Å². The fourth-order valence-corrected chi connectivity index (χ4v) is 3.52. The Hall–Kier alpha value is -0.900. The smallest absolute Gasteiger partial charge is 0.305 e. The van der Waals surface area contributed by atoms with Gasteiger partial charge in [0.2, 0.25) is 0 Å². The molecular formula is C16H19BrF2O. The van der Waals surface area contributed by atoms with E-state index in [1.807, 2.05) is 12.1 Å². The van der Waals surface area contributed by atoms with E-state index in [0.717, 1.165) is 11.2 Å². The SMILES string of the molecule is FC(F)=COc1ccc([C@H]2CC[C@H](CCBr)CC2)cc1. The van der Waals surface area contributed by atoms with Crippen molar-refractivity contribution in [1.29, 1.82) is 0 Å². The van der Waals surface area contributed by atoms with E-state index in [2.05, 4.69) is 15.9 Å². The maximum absolute atomic E-state index is 11.9. The molecule has 0 radical (unpaired) electrons. The third-order valence-electron chi connectivity index (χ3n) is 4.00. The van der Waals surface area contributed by atoms with Crippen LogP contribution in [0.4, 0.5) is 8.78 Å². The highest BCUT2D eigenvalue weighted by atomic mass is 79.9. The molecule has 0 heterocycles. The first-order valence-electron chi connectivity index (χ1n) is 7.03. The van der Waals surface area contributed by atoms with E-state index >= 15 is 0 Å². The minimum Gasteiger partial charge on any atom is -0.459 e. The summed E-state index contributed by atoms with van der Waals surface area (Å²) in [6.07, 6.45) is 4.92. The number of alkyl halides is 1. The summed E-state index contributed by atoms with van der Waals surface area (Å²) in [6.45, 7) is 0. The quantitative estimate of drug-likeness (QED) is 0.480. The van der Waals surface area contributed by atoms with Crippen molar-refractivity contribution < 1.29 is 13.5 Å². The maximum Gasteiger partial charge on any atom is 0.305 e. The molecule has 110 valence electrons. The first-order chi connectivity index (χ1) is 9.69. The zero-order valence-electron chi connectivity index (χ0n) is 11.3. The Morgan fingerprint density at radius 1 is 1.15 bits per heavy atom. The topological polar surface area (TPSA) is 9.23 Å². The van der Waals surface area contributed by atoms with Crippen molar-refractivity contribution in [1.82, 2.24) is 0 Å². The zero-order valence-corrected chi connectivity index (χ0v) is 12.9. The number of hydrogen-bond donors (Lipinski definition) is 0. The van der Waals surface area contributed by atoms with Crippen LogP contribution in [0.1, 0.15) is 43.6 Å². The summed E-state index contributed by atoms with van der Waals surface area (Å²) in [5, 5.41) is 1.09. The van der Waals surface area contributed by atoms with Crippen LogP contribution in [0.25, 0.3) is 0 Å². The van der Waals surface area contributed by atoms with Crippen molar-refractivity contribution in [2.45, 2.75) is 38.0 Å². The Labute approximate surface area is 127 Å². The summed E-state index contributed by atoms with van der Waals surface area (Å²) in [6, 6.07) is 7.52. The molecule has 20 heavy (non-hydrogen) atoms. The van der Waals surface area contributed by atoms with Crippen LogP contribution in [-0.4, -0.2) is 5.33 Å². The molecule has 4 heteroatoms. The van der Waals surface area contributed by atoms with Gasteiger partial charge in [-0.15, -0.1) is 0 Å². The molecule has 1 nitrogen and oxygen atoms in total. The van der Waals surface area contributed by atoms with Crippen molar-refractivity contribution in [3.8, 4) is 5.75 Å². The summed E-state index contributed by atoms with van der Waals surface area (Å²) >= 11 is 3.51. The number of hydrogen-bond acceptors (Lipinski definition) is 1. The van der Waals surface area contributed by atoms with Crippen LogP contribution in [0.2, 0.25) is 0 Å². The fraction of sp³-hybridized carbons (Fsp3) is 0.500. The second-order valence-electron chi connectivity index (χ2n) is 5.29. The highest BCUT2D eigenvalue weighted by molar-refractivity contribution is 9.09. The van der Waals surface area contributed by atoms with Gasteiger partial charge in [-0.2, -0.15) is 8.78 Å². The zero-order chi connectivity index (χ0) is 14.4. The molecule has 0 bridgehead atoms. The van der Waals surface area contributed by atoms with Crippen LogP contribution in [-0.2, 0) is 0 Å². The Morgan fingerprint density at radius 3 is 2.35 bits per heavy atom. The molecule has 0 atom stereocenters. The standard InChI is InChI=1S/C16H19BrF2O/c17-10-9-12-1-3-13(4-2-12)14-5-7-15(8-6-14)20-11-16(18)19/h5-8,11-13H,1-4,9-10H2/t12-,13-. The van der Waals surface area contributed by atoms with E-state index in [4.69, 9.17) is 4.74 Å². The first-order valence-corrected chi connectivity index (χ1v) is 8.15. The normalized spacial score (nSPS) is 22.4. The molecule has 2 rings (SSSR count). The average molecular weight is 345 g/mol. The highest BCUT2D eigenvalue weighted by Crippen LogP contribution is 2.37. The predicted octanol–water partition coefficient (Wildman–Crippen LogP) is 5.86. The lowest BCUT2D eigenvalue weighted by atomic mass is 9.78. The summed E-state index contributed by atoms with van der Waals surface area (Å²) < 4.78 is 28.7. The van der Waals surface area contributed by atoms with Gasteiger partial charge in [0.1, 0.15) is 5.75 Å². The largest absolute Gasteiger partial charge is 0.459 e. The molecule has 1 aliphatic carbocycles. The van der Waals surface area contributed by atoms with Gasteiger partial charge in [0, 0.05) is 5.33 Å². The lowest BCUT2D eigenvalue weighted by Gasteiger charge is -2.28. The van der Waals surface area contributed by atoms with Crippen LogP contribution >= 0.6 is 15.9 Å². The lowest BCUT2D eigenvalue weighted by Crippen LogP contribution is -2.13. The minimum atomic E-state index is -1.82. The van der Waals surface area contributed by atoms with E-state index in [1.54, 1.807) is 12.1 Å².